The van der Waals surface area contributed by atoms with Crippen LogP contribution in [0.2, 0.25) is 0 Å². The van der Waals surface area contributed by atoms with E-state index < -0.39 is 0 Å². The Morgan fingerprint density at radius 1 is 1.33 bits per heavy atom. The first-order valence-electron chi connectivity index (χ1n) is 3.55. The molecule has 0 aliphatic carbocycles. The number of furan rings is 1. The molecule has 60 valence electrons. The molecule has 0 spiro atoms. The van der Waals surface area contributed by atoms with Crippen molar-refractivity contribution >= 4 is 17.2 Å². The molecule has 0 saturated heterocycles. The molecule has 1 aromatic carbocycles. The molecule has 3 heteroatoms. The van der Waals surface area contributed by atoms with Crippen LogP contribution in [0.5, 0.6) is 0 Å². The summed E-state index contributed by atoms with van der Waals surface area (Å²) in [6.07, 6.45) is 2.91. The summed E-state index contributed by atoms with van der Waals surface area (Å²) in [5.74, 6) is 0. The minimum absolute atomic E-state index is 0.785. The lowest BCUT2D eigenvalue weighted by Gasteiger charge is -1.85. The van der Waals surface area contributed by atoms with Gasteiger partial charge in [-0.25, -0.2) is 0 Å². The molecule has 0 saturated carbocycles. The fraction of sp³-hybridized carbons (Fsp3) is 0. The van der Waals surface area contributed by atoms with Gasteiger partial charge in [-0.2, -0.15) is 0 Å². The fourth-order valence-corrected chi connectivity index (χ4v) is 1.16. The first-order chi connectivity index (χ1) is 5.92. The lowest BCUT2D eigenvalue weighted by Crippen LogP contribution is -1.75. The zero-order valence-corrected chi connectivity index (χ0v) is 6.27. The van der Waals surface area contributed by atoms with Crippen LogP contribution in [0, 0.1) is 0 Å². The van der Waals surface area contributed by atoms with Gasteiger partial charge in [0.1, 0.15) is 11.8 Å². The van der Waals surface area contributed by atoms with Crippen molar-refractivity contribution in [3.63, 3.8) is 0 Å². The topological polar surface area (TPSA) is 45.7 Å². The van der Waals surface area contributed by atoms with Crippen molar-refractivity contribution in [1.29, 1.82) is 0 Å². The molecule has 1 heterocycles. The summed E-state index contributed by atoms with van der Waals surface area (Å²) in [6.45, 7) is 0. The van der Waals surface area contributed by atoms with Crippen LogP contribution in [0.15, 0.2) is 40.1 Å². The molecular weight excluding hydrogens is 154 g/mol. The standard InChI is InChI=1S/C9H7NO2/c11-10-5-7-6-12-9-4-2-1-3-8(7)9/h1-6,11H. The lowest BCUT2D eigenvalue weighted by molar-refractivity contribution is 0.322. The van der Waals surface area contributed by atoms with E-state index in [1.165, 1.54) is 6.21 Å². The summed E-state index contributed by atoms with van der Waals surface area (Å²) in [6, 6.07) is 7.58. The summed E-state index contributed by atoms with van der Waals surface area (Å²) < 4.78 is 5.20. The number of fused-ring (bicyclic) bond motifs is 1. The molecule has 12 heavy (non-hydrogen) atoms. The predicted molar refractivity (Wildman–Crippen MR) is 45.6 cm³/mol. The van der Waals surface area contributed by atoms with Crippen molar-refractivity contribution < 1.29 is 9.62 Å². The smallest absolute Gasteiger partial charge is 0.134 e. The maximum atomic E-state index is 8.33. The number of rotatable bonds is 1. The summed E-state index contributed by atoms with van der Waals surface area (Å²) in [5.41, 5.74) is 1.58. The predicted octanol–water partition coefficient (Wildman–Crippen LogP) is 2.24. The highest BCUT2D eigenvalue weighted by atomic mass is 16.4. The Morgan fingerprint density at radius 2 is 2.17 bits per heavy atom. The van der Waals surface area contributed by atoms with Gasteiger partial charge in [0.25, 0.3) is 0 Å². The highest BCUT2D eigenvalue weighted by Gasteiger charge is 2.00. The third kappa shape index (κ3) is 0.955. The first-order valence-corrected chi connectivity index (χ1v) is 3.55. The second-order valence-corrected chi connectivity index (χ2v) is 2.43. The van der Waals surface area contributed by atoms with Gasteiger partial charge in [-0.1, -0.05) is 23.4 Å². The van der Waals surface area contributed by atoms with Gasteiger partial charge in [0.2, 0.25) is 0 Å². The number of hydrogen-bond acceptors (Lipinski definition) is 3. The zero-order chi connectivity index (χ0) is 8.39. The monoisotopic (exact) mass is 161 g/mol. The van der Waals surface area contributed by atoms with E-state index >= 15 is 0 Å². The van der Waals surface area contributed by atoms with Gasteiger partial charge < -0.3 is 9.62 Å². The summed E-state index contributed by atoms with van der Waals surface area (Å²) in [4.78, 5) is 0. The highest BCUT2D eigenvalue weighted by Crippen LogP contribution is 2.18. The molecule has 0 atom stereocenters. The molecule has 2 aromatic rings. The molecule has 0 aliphatic rings. The first kappa shape index (κ1) is 6.91. The zero-order valence-electron chi connectivity index (χ0n) is 6.27. The van der Waals surface area contributed by atoms with E-state index in [9.17, 15) is 0 Å². The minimum atomic E-state index is 0.785. The number of para-hydroxylation sites is 1. The van der Waals surface area contributed by atoms with Crippen molar-refractivity contribution in [3.05, 3.63) is 36.1 Å². The van der Waals surface area contributed by atoms with Crippen LogP contribution in [0.1, 0.15) is 5.56 Å². The number of oxime groups is 1. The van der Waals surface area contributed by atoms with Crippen LogP contribution < -0.4 is 0 Å². The molecule has 1 aromatic heterocycles. The van der Waals surface area contributed by atoms with Crippen molar-refractivity contribution in [2.24, 2.45) is 5.16 Å². The molecule has 3 nitrogen and oxygen atoms in total. The highest BCUT2D eigenvalue weighted by molar-refractivity contribution is 5.97. The molecule has 0 radical (unpaired) electrons. The Morgan fingerprint density at radius 3 is 3.00 bits per heavy atom. The molecule has 0 bridgehead atoms. The Bertz CT molecular complexity index is 417. The molecule has 0 fully saturated rings. The lowest BCUT2D eigenvalue weighted by atomic mass is 10.2. The van der Waals surface area contributed by atoms with Crippen molar-refractivity contribution in [1.82, 2.24) is 0 Å². The van der Waals surface area contributed by atoms with E-state index in [1.807, 2.05) is 24.3 Å². The van der Waals surface area contributed by atoms with E-state index in [2.05, 4.69) is 5.16 Å². The molecule has 2 rings (SSSR count). The molecule has 0 unspecified atom stereocenters. The van der Waals surface area contributed by atoms with Crippen LogP contribution in [0.25, 0.3) is 11.0 Å². The minimum Gasteiger partial charge on any atom is -0.464 e. The number of benzene rings is 1. The van der Waals surface area contributed by atoms with Crippen LogP contribution in [-0.4, -0.2) is 11.4 Å². The average Bonchev–Trinajstić information content (AvgIpc) is 2.50. The van der Waals surface area contributed by atoms with E-state index in [4.69, 9.17) is 9.62 Å². The number of hydrogen-bond donors (Lipinski definition) is 1. The van der Waals surface area contributed by atoms with Gasteiger partial charge in [-0.05, 0) is 6.07 Å². The van der Waals surface area contributed by atoms with Crippen LogP contribution in [-0.2, 0) is 0 Å². The van der Waals surface area contributed by atoms with Gasteiger partial charge in [0, 0.05) is 10.9 Å². The summed E-state index contributed by atoms with van der Waals surface area (Å²) in [7, 11) is 0. The van der Waals surface area contributed by atoms with Crippen LogP contribution >= 0.6 is 0 Å². The van der Waals surface area contributed by atoms with E-state index in [-0.39, 0.29) is 0 Å². The SMILES string of the molecule is ON=Cc1coc2ccccc12. The van der Waals surface area contributed by atoms with E-state index in [0.717, 1.165) is 16.5 Å². The molecule has 1 N–H and O–H groups in total. The van der Waals surface area contributed by atoms with Gasteiger partial charge in [0.05, 0.1) is 6.21 Å². The van der Waals surface area contributed by atoms with Crippen molar-refractivity contribution in [2.75, 3.05) is 0 Å². The third-order valence-electron chi connectivity index (χ3n) is 1.71. The Kier molecular flexibility index (Phi) is 1.55. The maximum Gasteiger partial charge on any atom is 0.134 e. The van der Waals surface area contributed by atoms with Gasteiger partial charge >= 0.3 is 0 Å². The van der Waals surface area contributed by atoms with Crippen molar-refractivity contribution in [2.45, 2.75) is 0 Å². The normalized spacial score (nSPS) is 11.3. The third-order valence-corrected chi connectivity index (χ3v) is 1.71. The van der Waals surface area contributed by atoms with Crippen LogP contribution in [0.4, 0.5) is 0 Å². The molecular formula is C9H7NO2. The maximum absolute atomic E-state index is 8.33. The number of nitrogens with zero attached hydrogens (tertiary/aromatic N) is 1. The van der Waals surface area contributed by atoms with Crippen molar-refractivity contribution in [3.8, 4) is 0 Å². The Labute approximate surface area is 68.9 Å². The van der Waals surface area contributed by atoms with Gasteiger partial charge in [-0.3, -0.25) is 0 Å². The quantitative estimate of drug-likeness (QED) is 0.396. The Balaban J connectivity index is 2.70. The summed E-state index contributed by atoms with van der Waals surface area (Å²) in [5, 5.41) is 12.2. The van der Waals surface area contributed by atoms with E-state index in [0.29, 0.717) is 0 Å². The van der Waals surface area contributed by atoms with E-state index in [1.54, 1.807) is 6.26 Å². The fourth-order valence-electron chi connectivity index (χ4n) is 1.16. The Hall–Kier alpha value is -1.77. The average molecular weight is 161 g/mol. The van der Waals surface area contributed by atoms with Gasteiger partial charge in [-0.15, -0.1) is 0 Å². The van der Waals surface area contributed by atoms with Gasteiger partial charge in [0.15, 0.2) is 0 Å². The molecule has 0 aliphatic heterocycles. The van der Waals surface area contributed by atoms with Crippen LogP contribution in [0.3, 0.4) is 0 Å². The second-order valence-electron chi connectivity index (χ2n) is 2.43. The largest absolute Gasteiger partial charge is 0.464 e. The second kappa shape index (κ2) is 2.70. The summed E-state index contributed by atoms with van der Waals surface area (Å²) >= 11 is 0. The molecule has 0 amide bonds.